The van der Waals surface area contributed by atoms with E-state index in [1.807, 2.05) is 0 Å². The van der Waals surface area contributed by atoms with Gasteiger partial charge >= 0.3 is 0 Å². The zero-order chi connectivity index (χ0) is 14.1. The van der Waals surface area contributed by atoms with Crippen molar-refractivity contribution in [3.05, 3.63) is 22.7 Å². The van der Waals surface area contributed by atoms with Gasteiger partial charge in [0.25, 0.3) is 0 Å². The maximum absolute atomic E-state index is 6.37. The van der Waals surface area contributed by atoms with Crippen LogP contribution in [0.2, 0.25) is 44.3 Å². The van der Waals surface area contributed by atoms with Gasteiger partial charge in [-0.3, -0.25) is 0 Å². The highest BCUT2D eigenvalue weighted by Gasteiger charge is 2.18. The van der Waals surface area contributed by atoms with Crippen molar-refractivity contribution >= 4 is 39.4 Å². The van der Waals surface area contributed by atoms with Crippen LogP contribution in [0.1, 0.15) is 5.56 Å². The first kappa shape index (κ1) is 15.6. The van der Waals surface area contributed by atoms with Crippen LogP contribution in [0, 0.1) is 6.92 Å². The van der Waals surface area contributed by atoms with Crippen molar-refractivity contribution in [2.24, 2.45) is 0 Å². The lowest BCUT2D eigenvalue weighted by molar-refractivity contribution is 1.43. The molecule has 0 spiro atoms. The van der Waals surface area contributed by atoms with Gasteiger partial charge in [-0.25, -0.2) is 0 Å². The van der Waals surface area contributed by atoms with E-state index in [1.54, 1.807) is 0 Å². The van der Waals surface area contributed by atoms with Crippen LogP contribution in [-0.4, -0.2) is 16.5 Å². The normalized spacial score (nSPS) is 12.4. The molecule has 0 bridgehead atoms. The lowest BCUT2D eigenvalue weighted by Crippen LogP contribution is -2.33. The molecule has 0 heterocycles. The van der Waals surface area contributed by atoms with Gasteiger partial charge in [0.05, 0.1) is 5.02 Å². The Morgan fingerprint density at radius 3 is 1.72 bits per heavy atom. The molecule has 0 aliphatic rings. The summed E-state index contributed by atoms with van der Waals surface area (Å²) in [6.07, 6.45) is 0. The summed E-state index contributed by atoms with van der Waals surface area (Å²) in [4.78, 5) is 7.19. The highest BCUT2D eigenvalue weighted by Crippen LogP contribution is 2.31. The summed E-state index contributed by atoms with van der Waals surface area (Å²) >= 11 is 6.37. The summed E-state index contributed by atoms with van der Waals surface area (Å²) in [6, 6.07) is 4.21. The topological polar surface area (TPSA) is 24.1 Å². The van der Waals surface area contributed by atoms with Crippen molar-refractivity contribution in [2.45, 2.75) is 46.2 Å². The van der Waals surface area contributed by atoms with E-state index in [4.69, 9.17) is 11.6 Å². The average Bonchev–Trinajstić information content (AvgIpc) is 2.08. The molecule has 2 N–H and O–H groups in total. The number of halogens is 1. The maximum Gasteiger partial charge on any atom is 0.144 e. The second kappa shape index (κ2) is 5.27. The first-order valence-corrected chi connectivity index (χ1v) is 13.7. The minimum Gasteiger partial charge on any atom is -0.411 e. The largest absolute Gasteiger partial charge is 0.411 e. The Morgan fingerprint density at radius 2 is 1.28 bits per heavy atom. The van der Waals surface area contributed by atoms with Crippen molar-refractivity contribution in [3.63, 3.8) is 0 Å². The zero-order valence-corrected chi connectivity index (χ0v) is 15.3. The predicted molar refractivity (Wildman–Crippen MR) is 90.1 cm³/mol. The van der Waals surface area contributed by atoms with Crippen LogP contribution >= 0.6 is 11.6 Å². The van der Waals surface area contributed by atoms with Gasteiger partial charge in [0, 0.05) is 11.4 Å². The van der Waals surface area contributed by atoms with E-state index in [0.717, 1.165) is 10.7 Å². The lowest BCUT2D eigenvalue weighted by atomic mass is 10.2. The third-order valence-corrected chi connectivity index (χ3v) is 4.68. The Balaban J connectivity index is 3.05. The molecule has 0 amide bonds. The minimum atomic E-state index is -1.36. The van der Waals surface area contributed by atoms with Crippen LogP contribution in [0.3, 0.4) is 0 Å². The van der Waals surface area contributed by atoms with Gasteiger partial charge in [-0.1, -0.05) is 50.9 Å². The molecule has 102 valence electrons. The zero-order valence-electron chi connectivity index (χ0n) is 12.5. The number of nitrogens with one attached hydrogen (secondary N) is 2. The van der Waals surface area contributed by atoms with Gasteiger partial charge in [-0.05, 0) is 24.6 Å². The number of hydrogen-bond acceptors (Lipinski definition) is 2. The van der Waals surface area contributed by atoms with Crippen LogP contribution in [0.15, 0.2) is 12.1 Å². The number of rotatable bonds is 4. The summed E-state index contributed by atoms with van der Waals surface area (Å²) in [6.45, 7) is 15.8. The van der Waals surface area contributed by atoms with Crippen LogP contribution in [0.4, 0.5) is 11.4 Å². The van der Waals surface area contributed by atoms with E-state index in [1.165, 1.54) is 11.3 Å². The van der Waals surface area contributed by atoms with E-state index < -0.39 is 16.5 Å². The second-order valence-electron chi connectivity index (χ2n) is 6.90. The van der Waals surface area contributed by atoms with Crippen molar-refractivity contribution < 1.29 is 0 Å². The molecule has 2 nitrogen and oxygen atoms in total. The fourth-order valence-corrected chi connectivity index (χ4v) is 4.10. The predicted octanol–water partition coefficient (Wildman–Crippen LogP) is 5.14. The average molecular weight is 301 g/mol. The van der Waals surface area contributed by atoms with Crippen molar-refractivity contribution in [2.75, 3.05) is 9.96 Å². The SMILES string of the molecule is Cc1cc(N[Si](C)(C)C)c(Cl)cc1N[Si](C)(C)C. The van der Waals surface area contributed by atoms with Gasteiger partial charge in [0.15, 0.2) is 0 Å². The molecule has 0 saturated heterocycles. The van der Waals surface area contributed by atoms with E-state index in [2.05, 4.69) is 68.3 Å². The third kappa shape index (κ3) is 5.04. The molecular weight excluding hydrogens is 276 g/mol. The molecule has 0 atom stereocenters. The Labute approximate surface area is 118 Å². The van der Waals surface area contributed by atoms with E-state index >= 15 is 0 Å². The third-order valence-electron chi connectivity index (χ3n) is 2.33. The first-order chi connectivity index (χ1) is 7.98. The summed E-state index contributed by atoms with van der Waals surface area (Å²) < 4.78 is 0. The van der Waals surface area contributed by atoms with E-state index in [-0.39, 0.29) is 0 Å². The first-order valence-electron chi connectivity index (χ1n) is 6.34. The van der Waals surface area contributed by atoms with Gasteiger partial charge in [-0.15, -0.1) is 0 Å². The summed E-state index contributed by atoms with van der Waals surface area (Å²) in [5, 5.41) is 0.809. The van der Waals surface area contributed by atoms with Crippen molar-refractivity contribution in [1.82, 2.24) is 0 Å². The van der Waals surface area contributed by atoms with Gasteiger partial charge in [-0.2, -0.15) is 0 Å². The number of hydrogen-bond donors (Lipinski definition) is 2. The molecule has 1 aromatic rings. The minimum absolute atomic E-state index is 0.809. The van der Waals surface area contributed by atoms with Crippen LogP contribution < -0.4 is 9.96 Å². The van der Waals surface area contributed by atoms with Gasteiger partial charge in [0.1, 0.15) is 16.5 Å². The molecule has 0 fully saturated rings. The molecule has 0 radical (unpaired) electrons. The highest BCUT2D eigenvalue weighted by molar-refractivity contribution is 6.79. The molecule has 18 heavy (non-hydrogen) atoms. The molecule has 1 rings (SSSR count). The van der Waals surface area contributed by atoms with Gasteiger partial charge in [0.2, 0.25) is 0 Å². The summed E-state index contributed by atoms with van der Waals surface area (Å²) in [5.74, 6) is 0. The van der Waals surface area contributed by atoms with Crippen LogP contribution in [0.5, 0.6) is 0 Å². The quantitative estimate of drug-likeness (QED) is 0.752. The molecular formula is C13H25ClN2Si2. The standard InChI is InChI=1S/C13H25ClN2Si2/c1-10-8-13(16-18(5,6)7)11(14)9-12(10)15-17(2,3)4/h8-9,15-16H,1-7H3. The number of benzene rings is 1. The molecule has 0 saturated carbocycles. The van der Waals surface area contributed by atoms with E-state index in [9.17, 15) is 0 Å². The number of anilines is 2. The Kier molecular flexibility index (Phi) is 4.57. The molecule has 0 aliphatic heterocycles. The monoisotopic (exact) mass is 300 g/mol. The fourth-order valence-electron chi connectivity index (χ4n) is 1.72. The Morgan fingerprint density at radius 1 is 0.833 bits per heavy atom. The molecule has 1 aromatic carbocycles. The van der Waals surface area contributed by atoms with Crippen LogP contribution in [0.25, 0.3) is 0 Å². The lowest BCUT2D eigenvalue weighted by Gasteiger charge is -2.25. The summed E-state index contributed by atoms with van der Waals surface area (Å²) in [5.41, 5.74) is 3.48. The maximum atomic E-state index is 6.37. The van der Waals surface area contributed by atoms with E-state index in [0.29, 0.717) is 0 Å². The summed E-state index contributed by atoms with van der Waals surface area (Å²) in [7, 11) is -2.70. The number of aryl methyl sites for hydroxylation is 1. The molecule has 5 heteroatoms. The smallest absolute Gasteiger partial charge is 0.144 e. The van der Waals surface area contributed by atoms with Gasteiger partial charge < -0.3 is 9.96 Å². The second-order valence-corrected chi connectivity index (χ2v) is 16.8. The molecule has 0 aromatic heterocycles. The van der Waals surface area contributed by atoms with Crippen molar-refractivity contribution in [1.29, 1.82) is 0 Å². The molecule has 0 aliphatic carbocycles. The fraction of sp³-hybridized carbons (Fsp3) is 0.538. The Hall–Kier alpha value is -0.456. The molecule has 0 unspecified atom stereocenters. The Bertz CT molecular complexity index is 392. The highest BCUT2D eigenvalue weighted by atomic mass is 35.5. The van der Waals surface area contributed by atoms with Crippen LogP contribution in [-0.2, 0) is 0 Å². The van der Waals surface area contributed by atoms with Crippen molar-refractivity contribution in [3.8, 4) is 0 Å².